The topological polar surface area (TPSA) is 41.4 Å². The maximum absolute atomic E-state index is 13.0. The molecular formula is C19H21ClN4O. The van der Waals surface area contributed by atoms with Crippen LogP contribution in [-0.4, -0.2) is 48.7 Å². The summed E-state index contributed by atoms with van der Waals surface area (Å²) in [5, 5.41) is 1.10. The number of aromatic nitrogens is 2. The molecule has 6 heteroatoms. The van der Waals surface area contributed by atoms with Crippen molar-refractivity contribution in [2.45, 2.75) is 0 Å². The van der Waals surface area contributed by atoms with Crippen LogP contribution in [0.25, 0.3) is 16.6 Å². The highest BCUT2D eigenvalue weighted by molar-refractivity contribution is 6.32. The molecule has 3 aromatic rings. The van der Waals surface area contributed by atoms with Crippen molar-refractivity contribution in [1.29, 1.82) is 0 Å². The SMILES string of the molecule is CN(C)CCN(C)c1ccc2ncn(-c3ccccc3Cl)c(=O)c2c1. The molecule has 0 amide bonds. The van der Waals surface area contributed by atoms with Crippen LogP contribution in [0.5, 0.6) is 0 Å². The van der Waals surface area contributed by atoms with Crippen LogP contribution < -0.4 is 10.5 Å². The van der Waals surface area contributed by atoms with E-state index in [1.165, 1.54) is 10.9 Å². The Kier molecular flexibility index (Phi) is 5.06. The third-order valence-corrected chi connectivity index (χ3v) is 4.50. The molecule has 1 aromatic heterocycles. The minimum Gasteiger partial charge on any atom is -0.373 e. The molecule has 0 aliphatic heterocycles. The Morgan fingerprint density at radius 1 is 1.08 bits per heavy atom. The molecule has 0 fully saturated rings. The zero-order chi connectivity index (χ0) is 18.0. The molecular weight excluding hydrogens is 336 g/mol. The standard InChI is InChI=1S/C19H21ClN4O/c1-22(2)10-11-23(3)14-8-9-17-15(12-14)19(25)24(13-21-17)18-7-5-4-6-16(18)20/h4-9,12-13H,10-11H2,1-3H3. The Balaban J connectivity index is 2.05. The summed E-state index contributed by atoms with van der Waals surface area (Å²) in [7, 11) is 6.11. The van der Waals surface area contributed by atoms with E-state index in [-0.39, 0.29) is 5.56 Å². The number of rotatable bonds is 5. The number of likely N-dealkylation sites (N-methyl/N-ethyl adjacent to an activating group) is 2. The van der Waals surface area contributed by atoms with Crippen LogP contribution >= 0.6 is 11.6 Å². The van der Waals surface area contributed by atoms with E-state index in [1.54, 1.807) is 6.07 Å². The number of fused-ring (bicyclic) bond motifs is 1. The van der Waals surface area contributed by atoms with Gasteiger partial charge in [-0.25, -0.2) is 4.98 Å². The van der Waals surface area contributed by atoms with E-state index >= 15 is 0 Å². The van der Waals surface area contributed by atoms with Gasteiger partial charge in [-0.15, -0.1) is 0 Å². The summed E-state index contributed by atoms with van der Waals surface area (Å²) in [4.78, 5) is 21.6. The number of hydrogen-bond donors (Lipinski definition) is 0. The van der Waals surface area contributed by atoms with Gasteiger partial charge in [-0.05, 0) is 44.4 Å². The average molecular weight is 357 g/mol. The Morgan fingerprint density at radius 3 is 2.56 bits per heavy atom. The molecule has 0 radical (unpaired) electrons. The number of halogens is 1. The number of benzene rings is 2. The molecule has 0 spiro atoms. The van der Waals surface area contributed by atoms with Gasteiger partial charge in [0.05, 0.1) is 21.6 Å². The fraction of sp³-hybridized carbons (Fsp3) is 0.263. The van der Waals surface area contributed by atoms with Gasteiger partial charge in [0.25, 0.3) is 5.56 Å². The van der Waals surface area contributed by atoms with E-state index < -0.39 is 0 Å². The van der Waals surface area contributed by atoms with E-state index in [9.17, 15) is 4.79 Å². The highest BCUT2D eigenvalue weighted by Gasteiger charge is 2.10. The largest absolute Gasteiger partial charge is 0.373 e. The second-order valence-corrected chi connectivity index (χ2v) is 6.70. The van der Waals surface area contributed by atoms with Crippen molar-refractivity contribution in [2.75, 3.05) is 39.1 Å². The number of para-hydroxylation sites is 1. The van der Waals surface area contributed by atoms with Gasteiger partial charge in [-0.3, -0.25) is 9.36 Å². The summed E-state index contributed by atoms with van der Waals surface area (Å²) in [6.07, 6.45) is 1.53. The molecule has 0 saturated carbocycles. The zero-order valence-electron chi connectivity index (χ0n) is 14.6. The van der Waals surface area contributed by atoms with E-state index in [1.807, 2.05) is 57.5 Å². The molecule has 0 aliphatic rings. The molecule has 0 bridgehead atoms. The maximum Gasteiger partial charge on any atom is 0.265 e. The predicted octanol–water partition coefficient (Wildman–Crippen LogP) is 3.04. The molecule has 0 atom stereocenters. The molecule has 0 aliphatic carbocycles. The van der Waals surface area contributed by atoms with Crippen molar-refractivity contribution in [3.8, 4) is 5.69 Å². The molecule has 5 nitrogen and oxygen atoms in total. The second-order valence-electron chi connectivity index (χ2n) is 6.30. The fourth-order valence-electron chi connectivity index (χ4n) is 2.65. The average Bonchev–Trinajstić information content (AvgIpc) is 2.60. The molecule has 0 unspecified atom stereocenters. The smallest absolute Gasteiger partial charge is 0.265 e. The lowest BCUT2D eigenvalue weighted by atomic mass is 10.2. The summed E-state index contributed by atoms with van der Waals surface area (Å²) in [6, 6.07) is 13.0. The second kappa shape index (κ2) is 7.25. The van der Waals surface area contributed by atoms with Gasteiger partial charge in [0, 0.05) is 25.8 Å². The van der Waals surface area contributed by atoms with Crippen molar-refractivity contribution in [2.24, 2.45) is 0 Å². The van der Waals surface area contributed by atoms with Crippen LogP contribution in [-0.2, 0) is 0 Å². The first-order chi connectivity index (χ1) is 12.0. The number of hydrogen-bond acceptors (Lipinski definition) is 4. The Bertz CT molecular complexity index is 952. The van der Waals surface area contributed by atoms with Crippen LogP contribution in [0, 0.1) is 0 Å². The minimum atomic E-state index is -0.124. The van der Waals surface area contributed by atoms with Gasteiger partial charge in [0.1, 0.15) is 6.33 Å². The van der Waals surface area contributed by atoms with Crippen LogP contribution in [0.1, 0.15) is 0 Å². The summed E-state index contributed by atoms with van der Waals surface area (Å²) in [6.45, 7) is 1.81. The van der Waals surface area contributed by atoms with E-state index in [0.29, 0.717) is 21.6 Å². The van der Waals surface area contributed by atoms with Crippen molar-refractivity contribution < 1.29 is 0 Å². The summed E-state index contributed by atoms with van der Waals surface area (Å²) in [5.41, 5.74) is 2.18. The molecule has 2 aromatic carbocycles. The predicted molar refractivity (Wildman–Crippen MR) is 104 cm³/mol. The number of anilines is 1. The van der Waals surface area contributed by atoms with Crippen molar-refractivity contribution in [3.05, 3.63) is 64.2 Å². The first kappa shape index (κ1) is 17.5. The first-order valence-corrected chi connectivity index (χ1v) is 8.47. The van der Waals surface area contributed by atoms with E-state index in [2.05, 4.69) is 14.8 Å². The van der Waals surface area contributed by atoms with Crippen LogP contribution in [0.4, 0.5) is 5.69 Å². The van der Waals surface area contributed by atoms with Crippen molar-refractivity contribution >= 4 is 28.2 Å². The van der Waals surface area contributed by atoms with Crippen LogP contribution in [0.3, 0.4) is 0 Å². The van der Waals surface area contributed by atoms with Gasteiger partial charge in [-0.2, -0.15) is 0 Å². The minimum absolute atomic E-state index is 0.124. The quantitative estimate of drug-likeness (QED) is 0.704. The fourth-order valence-corrected chi connectivity index (χ4v) is 2.87. The summed E-state index contributed by atoms with van der Waals surface area (Å²) >= 11 is 6.23. The van der Waals surface area contributed by atoms with Gasteiger partial charge in [0.15, 0.2) is 0 Å². The van der Waals surface area contributed by atoms with Gasteiger partial charge in [-0.1, -0.05) is 23.7 Å². The van der Waals surface area contributed by atoms with Crippen LogP contribution in [0.15, 0.2) is 53.6 Å². The lowest BCUT2D eigenvalue weighted by Gasteiger charge is -2.21. The Labute approximate surface area is 152 Å². The van der Waals surface area contributed by atoms with Crippen molar-refractivity contribution in [3.63, 3.8) is 0 Å². The molecule has 1 heterocycles. The Morgan fingerprint density at radius 2 is 1.84 bits per heavy atom. The summed E-state index contributed by atoms with van der Waals surface area (Å²) < 4.78 is 1.49. The van der Waals surface area contributed by atoms with Crippen LogP contribution in [0.2, 0.25) is 5.02 Å². The monoisotopic (exact) mass is 356 g/mol. The van der Waals surface area contributed by atoms with Gasteiger partial charge < -0.3 is 9.80 Å². The Hall–Kier alpha value is -2.37. The van der Waals surface area contributed by atoms with Gasteiger partial charge in [0.2, 0.25) is 0 Å². The first-order valence-electron chi connectivity index (χ1n) is 8.09. The molecule has 0 saturated heterocycles. The molecule has 25 heavy (non-hydrogen) atoms. The zero-order valence-corrected chi connectivity index (χ0v) is 15.4. The molecule has 130 valence electrons. The van der Waals surface area contributed by atoms with Gasteiger partial charge >= 0.3 is 0 Å². The third-order valence-electron chi connectivity index (χ3n) is 4.18. The highest BCUT2D eigenvalue weighted by atomic mass is 35.5. The third kappa shape index (κ3) is 3.67. The van der Waals surface area contributed by atoms with Crippen molar-refractivity contribution in [1.82, 2.24) is 14.5 Å². The molecule has 3 rings (SSSR count). The maximum atomic E-state index is 13.0. The normalized spacial score (nSPS) is 11.2. The van der Waals surface area contributed by atoms with E-state index in [4.69, 9.17) is 11.6 Å². The lowest BCUT2D eigenvalue weighted by molar-refractivity contribution is 0.416. The number of nitrogens with zero attached hydrogens (tertiary/aromatic N) is 4. The van der Waals surface area contributed by atoms with E-state index in [0.717, 1.165) is 18.8 Å². The lowest BCUT2D eigenvalue weighted by Crippen LogP contribution is -2.28. The molecule has 0 N–H and O–H groups in total. The highest BCUT2D eigenvalue weighted by Crippen LogP contribution is 2.21. The summed E-state index contributed by atoms with van der Waals surface area (Å²) in [5.74, 6) is 0.